The molecule has 0 unspecified atom stereocenters. The van der Waals surface area contributed by atoms with Crippen molar-refractivity contribution < 1.29 is 4.74 Å². The maximum absolute atomic E-state index is 6.24. The minimum Gasteiger partial charge on any atom is -0.493 e. The van der Waals surface area contributed by atoms with E-state index in [1.165, 1.54) is 21.9 Å². The van der Waals surface area contributed by atoms with Gasteiger partial charge in [-0.3, -0.25) is 0 Å². The molecule has 0 fully saturated rings. The lowest BCUT2D eigenvalue weighted by Gasteiger charge is -2.08. The molecular weight excluding hydrogens is 368 g/mol. The van der Waals surface area contributed by atoms with Crippen molar-refractivity contribution >= 4 is 22.5 Å². The fourth-order valence-electron chi connectivity index (χ4n) is 3.14. The van der Waals surface area contributed by atoms with Crippen molar-refractivity contribution in [3.05, 3.63) is 83.7 Å². The molecule has 0 atom stereocenters. The van der Waals surface area contributed by atoms with E-state index in [0.717, 1.165) is 17.3 Å². The quantitative estimate of drug-likeness (QED) is 0.291. The Balaban J connectivity index is 1.39. The van der Waals surface area contributed by atoms with E-state index in [2.05, 4.69) is 59.6 Å². The number of rotatable bonds is 7. The van der Waals surface area contributed by atoms with Gasteiger partial charge in [-0.2, -0.15) is 0 Å². The molecule has 6 heteroatoms. The van der Waals surface area contributed by atoms with Gasteiger partial charge in [0.15, 0.2) is 5.82 Å². The number of thioether (sulfide) groups is 1. The first kappa shape index (κ1) is 18.4. The Morgan fingerprint density at radius 3 is 2.71 bits per heavy atom. The van der Waals surface area contributed by atoms with Crippen LogP contribution in [0.1, 0.15) is 17.0 Å². The summed E-state index contributed by atoms with van der Waals surface area (Å²) in [4.78, 5) is 0. The molecule has 0 aliphatic heterocycles. The average molecular weight is 391 g/mol. The predicted octanol–water partition coefficient (Wildman–Crippen LogP) is 4.22. The van der Waals surface area contributed by atoms with Gasteiger partial charge in [-0.15, -0.1) is 10.2 Å². The van der Waals surface area contributed by atoms with Gasteiger partial charge < -0.3 is 10.6 Å². The number of fused-ring (bicyclic) bond motifs is 1. The highest BCUT2D eigenvalue weighted by Gasteiger charge is 2.12. The van der Waals surface area contributed by atoms with Gasteiger partial charge in [-0.25, -0.2) is 4.68 Å². The van der Waals surface area contributed by atoms with Crippen molar-refractivity contribution in [3.8, 4) is 5.75 Å². The van der Waals surface area contributed by atoms with Crippen LogP contribution in [0, 0.1) is 6.92 Å². The molecule has 2 N–H and O–H groups in total. The maximum Gasteiger partial charge on any atom is 0.209 e. The molecule has 4 aromatic rings. The molecule has 0 spiro atoms. The Bertz CT molecular complexity index is 1090. The van der Waals surface area contributed by atoms with Crippen LogP contribution >= 0.6 is 11.8 Å². The lowest BCUT2D eigenvalue weighted by atomic mass is 10.0. The molecule has 5 nitrogen and oxygen atoms in total. The number of aryl methyl sites for hydroxylation is 1. The second kappa shape index (κ2) is 8.35. The third-order valence-corrected chi connectivity index (χ3v) is 5.44. The smallest absolute Gasteiger partial charge is 0.209 e. The van der Waals surface area contributed by atoms with Gasteiger partial charge in [0.1, 0.15) is 5.75 Å². The first-order chi connectivity index (χ1) is 13.7. The monoisotopic (exact) mass is 390 g/mol. The van der Waals surface area contributed by atoms with E-state index in [1.54, 1.807) is 16.4 Å². The Hall–Kier alpha value is -2.99. The Morgan fingerprint density at radius 1 is 1.00 bits per heavy atom. The number of hydrogen-bond donors (Lipinski definition) is 1. The average Bonchev–Trinajstić information content (AvgIpc) is 3.05. The largest absolute Gasteiger partial charge is 0.493 e. The van der Waals surface area contributed by atoms with Gasteiger partial charge in [0.05, 0.1) is 6.61 Å². The molecule has 1 aromatic heterocycles. The van der Waals surface area contributed by atoms with E-state index < -0.39 is 0 Å². The zero-order valence-corrected chi connectivity index (χ0v) is 16.5. The summed E-state index contributed by atoms with van der Waals surface area (Å²) in [5, 5.41) is 11.7. The second-order valence-electron chi connectivity index (χ2n) is 6.60. The molecule has 28 heavy (non-hydrogen) atoms. The molecule has 0 saturated heterocycles. The number of nitrogens with zero attached hydrogens (tertiary/aromatic N) is 3. The number of aromatic nitrogens is 3. The Kier molecular flexibility index (Phi) is 5.48. The van der Waals surface area contributed by atoms with Crippen LogP contribution in [0.15, 0.2) is 71.9 Å². The van der Waals surface area contributed by atoms with Crippen LogP contribution in [0.2, 0.25) is 0 Å². The molecule has 0 bridgehead atoms. The number of nitrogens with two attached hydrogens (primary N) is 1. The van der Waals surface area contributed by atoms with Crippen LogP contribution in [-0.2, 0) is 6.42 Å². The topological polar surface area (TPSA) is 66.0 Å². The molecule has 3 aromatic carbocycles. The van der Waals surface area contributed by atoms with Crippen LogP contribution in [0.5, 0.6) is 5.75 Å². The van der Waals surface area contributed by atoms with E-state index in [-0.39, 0.29) is 0 Å². The first-order valence-corrected chi connectivity index (χ1v) is 10.2. The van der Waals surface area contributed by atoms with Gasteiger partial charge >= 0.3 is 0 Å². The zero-order valence-electron chi connectivity index (χ0n) is 15.7. The minimum absolute atomic E-state index is 0.583. The predicted molar refractivity (Wildman–Crippen MR) is 114 cm³/mol. The second-order valence-corrected chi connectivity index (χ2v) is 7.66. The summed E-state index contributed by atoms with van der Waals surface area (Å²) in [5.41, 5.74) is 2.38. The SMILES string of the molecule is Cc1cccc(OCCSc2nnc(Cc3cccc4ccccc34)n2N)c1. The van der Waals surface area contributed by atoms with Crippen molar-refractivity contribution in [2.24, 2.45) is 0 Å². The fourth-order valence-corrected chi connectivity index (χ4v) is 3.83. The molecule has 4 rings (SSSR count). The van der Waals surface area contributed by atoms with Gasteiger partial charge in [0, 0.05) is 12.2 Å². The third kappa shape index (κ3) is 4.12. The van der Waals surface area contributed by atoms with E-state index >= 15 is 0 Å². The fraction of sp³-hybridized carbons (Fsp3) is 0.182. The summed E-state index contributed by atoms with van der Waals surface area (Å²) in [5.74, 6) is 8.62. The van der Waals surface area contributed by atoms with Crippen LogP contribution in [0.4, 0.5) is 0 Å². The standard InChI is InChI=1S/C22H22N4OS/c1-16-6-4-10-19(14-16)27-12-13-28-22-25-24-21(26(22)23)15-18-9-5-8-17-7-2-3-11-20(17)18/h2-11,14H,12-13,15,23H2,1H3. The van der Waals surface area contributed by atoms with Crippen LogP contribution in [0.25, 0.3) is 10.8 Å². The Labute approximate surface area is 168 Å². The Morgan fingerprint density at radius 2 is 1.82 bits per heavy atom. The van der Waals surface area contributed by atoms with Crippen molar-refractivity contribution in [1.29, 1.82) is 0 Å². The number of nitrogen functional groups attached to an aromatic ring is 1. The molecule has 142 valence electrons. The van der Waals surface area contributed by atoms with Crippen LogP contribution < -0.4 is 10.6 Å². The molecule has 0 radical (unpaired) electrons. The van der Waals surface area contributed by atoms with Gasteiger partial charge in [0.2, 0.25) is 5.16 Å². The molecule has 0 amide bonds. The summed E-state index contributed by atoms with van der Waals surface area (Å²) in [7, 11) is 0. The third-order valence-electron chi connectivity index (χ3n) is 4.54. The van der Waals surface area contributed by atoms with Crippen LogP contribution in [-0.4, -0.2) is 27.2 Å². The van der Waals surface area contributed by atoms with E-state index in [4.69, 9.17) is 10.6 Å². The van der Waals surface area contributed by atoms with E-state index in [9.17, 15) is 0 Å². The summed E-state index contributed by atoms with van der Waals surface area (Å²) >= 11 is 1.54. The minimum atomic E-state index is 0.583. The lowest BCUT2D eigenvalue weighted by molar-refractivity contribution is 0.343. The van der Waals surface area contributed by atoms with Gasteiger partial charge in [0.25, 0.3) is 0 Å². The van der Waals surface area contributed by atoms with Gasteiger partial charge in [-0.1, -0.05) is 66.4 Å². The molecule has 1 heterocycles. The summed E-state index contributed by atoms with van der Waals surface area (Å²) in [6.07, 6.45) is 0.644. The number of ether oxygens (including phenoxy) is 1. The van der Waals surface area contributed by atoms with Crippen molar-refractivity contribution in [3.63, 3.8) is 0 Å². The highest BCUT2D eigenvalue weighted by Crippen LogP contribution is 2.22. The van der Waals surface area contributed by atoms with E-state index in [0.29, 0.717) is 18.2 Å². The zero-order chi connectivity index (χ0) is 19.3. The molecule has 0 aliphatic carbocycles. The highest BCUT2D eigenvalue weighted by atomic mass is 32.2. The van der Waals surface area contributed by atoms with Crippen LogP contribution in [0.3, 0.4) is 0 Å². The van der Waals surface area contributed by atoms with Gasteiger partial charge in [-0.05, 0) is 41.0 Å². The highest BCUT2D eigenvalue weighted by molar-refractivity contribution is 7.99. The number of benzene rings is 3. The molecule has 0 aliphatic rings. The summed E-state index contributed by atoms with van der Waals surface area (Å²) in [6.45, 7) is 2.63. The molecule has 0 saturated carbocycles. The maximum atomic E-state index is 6.24. The first-order valence-electron chi connectivity index (χ1n) is 9.19. The van der Waals surface area contributed by atoms with Crippen molar-refractivity contribution in [2.45, 2.75) is 18.5 Å². The van der Waals surface area contributed by atoms with E-state index in [1.807, 2.05) is 24.3 Å². The number of hydrogen-bond acceptors (Lipinski definition) is 5. The normalized spacial score (nSPS) is 11.0. The summed E-state index contributed by atoms with van der Waals surface area (Å²) < 4.78 is 7.36. The lowest BCUT2D eigenvalue weighted by Crippen LogP contribution is -2.15. The van der Waals surface area contributed by atoms with Crippen molar-refractivity contribution in [2.75, 3.05) is 18.2 Å². The summed E-state index contributed by atoms with van der Waals surface area (Å²) in [6, 6.07) is 22.7. The molecular formula is C22H22N4OS. The van der Waals surface area contributed by atoms with Crippen molar-refractivity contribution in [1.82, 2.24) is 14.9 Å².